The lowest BCUT2D eigenvalue weighted by atomic mass is 10.0. The molecule has 2 atom stereocenters. The van der Waals surface area contributed by atoms with Gasteiger partial charge in [0.05, 0.1) is 6.61 Å². The fraction of sp³-hybridized carbons (Fsp3) is 0.316. The fourth-order valence-corrected chi connectivity index (χ4v) is 3.17. The van der Waals surface area contributed by atoms with Crippen LogP contribution >= 0.6 is 0 Å². The van der Waals surface area contributed by atoms with Gasteiger partial charge in [0, 0.05) is 29.9 Å². The molecule has 1 aromatic heterocycles. The zero-order valence-corrected chi connectivity index (χ0v) is 13.8. The number of fused-ring (bicyclic) bond motifs is 1. The first-order valence-corrected chi connectivity index (χ1v) is 8.11. The van der Waals surface area contributed by atoms with Crippen molar-refractivity contribution in [3.8, 4) is 0 Å². The molecule has 2 heterocycles. The maximum absolute atomic E-state index is 12.8. The van der Waals surface area contributed by atoms with Crippen LogP contribution in [0.3, 0.4) is 0 Å². The highest BCUT2D eigenvalue weighted by atomic mass is 16.5. The Morgan fingerprint density at radius 2 is 2.00 bits per heavy atom. The summed E-state index contributed by atoms with van der Waals surface area (Å²) in [7, 11) is 0. The van der Waals surface area contributed by atoms with Gasteiger partial charge in [-0.2, -0.15) is 0 Å². The molecule has 124 valence electrons. The van der Waals surface area contributed by atoms with Gasteiger partial charge in [-0.25, -0.2) is 4.79 Å². The molecule has 1 amide bonds. The van der Waals surface area contributed by atoms with E-state index in [9.17, 15) is 9.59 Å². The van der Waals surface area contributed by atoms with Crippen LogP contribution in [0.2, 0.25) is 0 Å². The van der Waals surface area contributed by atoms with Crippen LogP contribution in [-0.2, 0) is 16.0 Å². The second-order valence-electron chi connectivity index (χ2n) is 5.83. The largest absolute Gasteiger partial charge is 0.464 e. The summed E-state index contributed by atoms with van der Waals surface area (Å²) in [5.74, 6) is -0.518. The normalized spacial score (nSPS) is 17.5. The van der Waals surface area contributed by atoms with Gasteiger partial charge < -0.3 is 9.64 Å². The quantitative estimate of drug-likeness (QED) is 0.794. The van der Waals surface area contributed by atoms with Crippen LogP contribution in [0.1, 0.15) is 41.5 Å². The van der Waals surface area contributed by atoms with Crippen molar-refractivity contribution in [2.45, 2.75) is 32.4 Å². The number of pyridine rings is 1. The first-order valence-electron chi connectivity index (χ1n) is 8.11. The van der Waals surface area contributed by atoms with Crippen molar-refractivity contribution in [1.29, 1.82) is 0 Å². The minimum Gasteiger partial charge on any atom is -0.464 e. The van der Waals surface area contributed by atoms with Crippen molar-refractivity contribution in [1.82, 2.24) is 9.88 Å². The Kier molecular flexibility index (Phi) is 4.60. The van der Waals surface area contributed by atoms with Crippen LogP contribution in [-0.4, -0.2) is 34.4 Å². The molecule has 2 unspecified atom stereocenters. The molecule has 5 heteroatoms. The molecule has 24 heavy (non-hydrogen) atoms. The van der Waals surface area contributed by atoms with E-state index in [0.29, 0.717) is 17.5 Å². The van der Waals surface area contributed by atoms with Crippen molar-refractivity contribution in [2.75, 3.05) is 6.61 Å². The Morgan fingerprint density at radius 1 is 1.25 bits per heavy atom. The molecule has 0 bridgehead atoms. The number of carbonyl (C=O) groups is 2. The number of ether oxygens (including phenoxy) is 1. The average molecular weight is 324 g/mol. The minimum absolute atomic E-state index is 0.132. The van der Waals surface area contributed by atoms with Gasteiger partial charge in [0.1, 0.15) is 0 Å². The van der Waals surface area contributed by atoms with Crippen molar-refractivity contribution in [3.63, 3.8) is 0 Å². The van der Waals surface area contributed by atoms with Crippen LogP contribution in [0, 0.1) is 0 Å². The van der Waals surface area contributed by atoms with E-state index in [-0.39, 0.29) is 24.5 Å². The summed E-state index contributed by atoms with van der Waals surface area (Å²) in [5, 5.41) is 0. The van der Waals surface area contributed by atoms with E-state index in [1.54, 1.807) is 24.1 Å². The van der Waals surface area contributed by atoms with E-state index in [1.165, 1.54) is 0 Å². The average Bonchev–Trinajstić information content (AvgIpc) is 2.89. The van der Waals surface area contributed by atoms with E-state index < -0.39 is 6.04 Å². The van der Waals surface area contributed by atoms with Crippen LogP contribution in [0.4, 0.5) is 0 Å². The second kappa shape index (κ2) is 6.83. The first kappa shape index (κ1) is 16.2. The van der Waals surface area contributed by atoms with E-state index >= 15 is 0 Å². The van der Waals surface area contributed by atoms with Gasteiger partial charge in [-0.05, 0) is 37.6 Å². The molecule has 3 rings (SSSR count). The number of nitrogens with zero attached hydrogens (tertiary/aromatic N) is 2. The van der Waals surface area contributed by atoms with Crippen LogP contribution < -0.4 is 0 Å². The zero-order valence-electron chi connectivity index (χ0n) is 13.8. The molecular weight excluding hydrogens is 304 g/mol. The van der Waals surface area contributed by atoms with Crippen molar-refractivity contribution in [2.24, 2.45) is 0 Å². The minimum atomic E-state index is -0.688. The topological polar surface area (TPSA) is 59.5 Å². The second-order valence-corrected chi connectivity index (χ2v) is 5.83. The smallest absolute Gasteiger partial charge is 0.333 e. The summed E-state index contributed by atoms with van der Waals surface area (Å²) in [6.07, 6.45) is 2.31. The molecular formula is C19H20N2O3. The first-order chi connectivity index (χ1) is 11.6. The summed E-state index contributed by atoms with van der Waals surface area (Å²) >= 11 is 0. The Balaban J connectivity index is 1.92. The Hall–Kier alpha value is -2.69. The number of hydrogen-bond acceptors (Lipinski definition) is 4. The van der Waals surface area contributed by atoms with Crippen LogP contribution in [0.5, 0.6) is 0 Å². The molecule has 0 fully saturated rings. The van der Waals surface area contributed by atoms with Gasteiger partial charge in [0.25, 0.3) is 5.91 Å². The molecule has 0 aliphatic carbocycles. The summed E-state index contributed by atoms with van der Waals surface area (Å²) in [6, 6.07) is 12.1. The number of amides is 1. The van der Waals surface area contributed by atoms with Crippen molar-refractivity contribution >= 4 is 11.9 Å². The van der Waals surface area contributed by atoms with Gasteiger partial charge >= 0.3 is 5.97 Å². The molecule has 0 N–H and O–H groups in total. The molecule has 5 nitrogen and oxygen atoms in total. The predicted octanol–water partition coefficient (Wildman–Crippen LogP) is 2.77. The number of hydrogen-bond donors (Lipinski definition) is 0. The lowest BCUT2D eigenvalue weighted by Gasteiger charge is -2.29. The third-order valence-corrected chi connectivity index (χ3v) is 4.21. The van der Waals surface area contributed by atoms with Gasteiger partial charge in [-0.3, -0.25) is 9.78 Å². The molecule has 0 radical (unpaired) electrons. The molecule has 1 aliphatic rings. The third-order valence-electron chi connectivity index (χ3n) is 4.21. The standard InChI is InChI=1S/C19H20N2O3/c1-3-24-19(23)17-15-9-4-5-10-16(15)18(22)21(17)13(2)12-14-8-6-7-11-20-14/h4-11,13,17H,3,12H2,1-2H3. The van der Waals surface area contributed by atoms with Crippen molar-refractivity contribution in [3.05, 3.63) is 65.5 Å². The Morgan fingerprint density at radius 3 is 2.71 bits per heavy atom. The van der Waals surface area contributed by atoms with E-state index in [0.717, 1.165) is 5.69 Å². The van der Waals surface area contributed by atoms with Gasteiger partial charge in [0.2, 0.25) is 0 Å². The van der Waals surface area contributed by atoms with E-state index in [2.05, 4.69) is 4.98 Å². The van der Waals surface area contributed by atoms with Gasteiger partial charge in [0.15, 0.2) is 6.04 Å². The van der Waals surface area contributed by atoms with Gasteiger partial charge in [-0.15, -0.1) is 0 Å². The number of rotatable bonds is 5. The highest BCUT2D eigenvalue weighted by Gasteiger charge is 2.44. The van der Waals surface area contributed by atoms with Crippen molar-refractivity contribution < 1.29 is 14.3 Å². The lowest BCUT2D eigenvalue weighted by molar-refractivity contribution is -0.149. The number of aromatic nitrogens is 1. The van der Waals surface area contributed by atoms with E-state index in [1.807, 2.05) is 43.3 Å². The monoisotopic (exact) mass is 324 g/mol. The molecule has 0 spiro atoms. The summed E-state index contributed by atoms with van der Waals surface area (Å²) in [4.78, 5) is 31.3. The lowest BCUT2D eigenvalue weighted by Crippen LogP contribution is -2.41. The van der Waals surface area contributed by atoms with Crippen LogP contribution in [0.15, 0.2) is 48.7 Å². The fourth-order valence-electron chi connectivity index (χ4n) is 3.17. The van der Waals surface area contributed by atoms with E-state index in [4.69, 9.17) is 4.74 Å². The molecule has 2 aromatic rings. The highest BCUT2D eigenvalue weighted by Crippen LogP contribution is 2.36. The molecule has 1 aliphatic heterocycles. The summed E-state index contributed by atoms with van der Waals surface area (Å²) in [6.45, 7) is 3.99. The maximum Gasteiger partial charge on any atom is 0.333 e. The maximum atomic E-state index is 12.8. The number of carbonyl (C=O) groups excluding carboxylic acids is 2. The Bertz CT molecular complexity index is 745. The third kappa shape index (κ3) is 2.89. The highest BCUT2D eigenvalue weighted by molar-refractivity contribution is 6.04. The zero-order chi connectivity index (χ0) is 17.1. The number of benzene rings is 1. The molecule has 1 aromatic carbocycles. The molecule has 0 saturated carbocycles. The SMILES string of the molecule is CCOC(=O)C1c2ccccc2C(=O)N1C(C)Cc1ccccn1. The summed E-state index contributed by atoms with van der Waals surface area (Å²) in [5.41, 5.74) is 2.17. The Labute approximate surface area is 141 Å². The van der Waals surface area contributed by atoms with Gasteiger partial charge in [-0.1, -0.05) is 24.3 Å². The predicted molar refractivity (Wildman–Crippen MR) is 89.4 cm³/mol. The summed E-state index contributed by atoms with van der Waals surface area (Å²) < 4.78 is 5.21. The van der Waals surface area contributed by atoms with Crippen LogP contribution in [0.25, 0.3) is 0 Å². The molecule has 0 saturated heterocycles. The number of esters is 1.